The molecule has 1 saturated carbocycles. The first-order valence-electron chi connectivity index (χ1n) is 6.53. The van der Waals surface area contributed by atoms with E-state index in [9.17, 15) is 5.21 Å². The second-order valence-corrected chi connectivity index (χ2v) is 6.87. The zero-order valence-corrected chi connectivity index (χ0v) is 14.0. The highest BCUT2D eigenvalue weighted by atomic mass is 79.9. The highest BCUT2D eigenvalue weighted by Gasteiger charge is 2.43. The Bertz CT molecular complexity index is 700. The molecule has 1 aliphatic carbocycles. The van der Waals surface area contributed by atoms with Gasteiger partial charge >= 0.3 is 0 Å². The van der Waals surface area contributed by atoms with Gasteiger partial charge in [-0.1, -0.05) is 62.5 Å². The van der Waals surface area contributed by atoms with Gasteiger partial charge in [0.25, 0.3) is 0 Å². The summed E-state index contributed by atoms with van der Waals surface area (Å²) in [5.41, 5.74) is 2.70. The molecule has 5 heteroatoms. The standard InChI is InChI=1S/C16H12BrCl2NO/c17-10-3-1-9(2-4-10)16(20-21)14-8-13(14)12-6-5-11(18)7-15(12)19/h1-7,13-14,21H,8H2/t13-,14+/m1/s1. The van der Waals surface area contributed by atoms with E-state index in [1.807, 2.05) is 36.4 Å². The van der Waals surface area contributed by atoms with Crippen molar-refractivity contribution in [2.45, 2.75) is 12.3 Å². The summed E-state index contributed by atoms with van der Waals surface area (Å²) < 4.78 is 0.997. The first-order valence-corrected chi connectivity index (χ1v) is 8.08. The number of nitrogens with zero attached hydrogens (tertiary/aromatic N) is 1. The van der Waals surface area contributed by atoms with Crippen molar-refractivity contribution in [3.8, 4) is 0 Å². The summed E-state index contributed by atoms with van der Waals surface area (Å²) in [4.78, 5) is 0. The molecule has 0 saturated heterocycles. The lowest BCUT2D eigenvalue weighted by Crippen LogP contribution is -2.05. The molecular weight excluding hydrogens is 373 g/mol. The lowest BCUT2D eigenvalue weighted by Gasteiger charge is -2.06. The molecule has 2 aromatic rings. The van der Waals surface area contributed by atoms with E-state index in [1.54, 1.807) is 6.07 Å². The molecule has 0 heterocycles. The summed E-state index contributed by atoms with van der Waals surface area (Å²) in [6.45, 7) is 0. The molecule has 0 bridgehead atoms. The van der Waals surface area contributed by atoms with E-state index in [4.69, 9.17) is 23.2 Å². The van der Waals surface area contributed by atoms with Gasteiger partial charge in [-0.2, -0.15) is 0 Å². The van der Waals surface area contributed by atoms with Crippen LogP contribution in [-0.4, -0.2) is 10.9 Å². The Morgan fingerprint density at radius 3 is 2.48 bits per heavy atom. The second-order valence-electron chi connectivity index (χ2n) is 5.11. The fourth-order valence-electron chi connectivity index (χ4n) is 2.61. The highest BCUT2D eigenvalue weighted by molar-refractivity contribution is 9.10. The van der Waals surface area contributed by atoms with Crippen LogP contribution < -0.4 is 0 Å². The van der Waals surface area contributed by atoms with Crippen LogP contribution in [0.25, 0.3) is 0 Å². The largest absolute Gasteiger partial charge is 0.411 e. The molecule has 0 aliphatic heterocycles. The molecule has 1 fully saturated rings. The topological polar surface area (TPSA) is 32.6 Å². The van der Waals surface area contributed by atoms with E-state index in [-0.39, 0.29) is 11.8 Å². The van der Waals surface area contributed by atoms with Gasteiger partial charge in [-0.05, 0) is 47.7 Å². The van der Waals surface area contributed by atoms with Crippen molar-refractivity contribution in [2.24, 2.45) is 11.1 Å². The molecule has 1 aliphatic rings. The molecule has 1 N–H and O–H groups in total. The van der Waals surface area contributed by atoms with Gasteiger partial charge in [-0.15, -0.1) is 0 Å². The van der Waals surface area contributed by atoms with Crippen LogP contribution in [-0.2, 0) is 0 Å². The summed E-state index contributed by atoms with van der Waals surface area (Å²) in [7, 11) is 0. The molecular formula is C16H12BrCl2NO. The predicted molar refractivity (Wildman–Crippen MR) is 89.8 cm³/mol. The number of oxime groups is 1. The maximum Gasteiger partial charge on any atom is 0.0904 e. The zero-order valence-electron chi connectivity index (χ0n) is 10.9. The lowest BCUT2D eigenvalue weighted by atomic mass is 10.0. The molecule has 0 radical (unpaired) electrons. The monoisotopic (exact) mass is 383 g/mol. The van der Waals surface area contributed by atoms with Crippen molar-refractivity contribution in [1.29, 1.82) is 0 Å². The Morgan fingerprint density at radius 2 is 1.86 bits per heavy atom. The molecule has 108 valence electrons. The van der Waals surface area contributed by atoms with E-state index >= 15 is 0 Å². The van der Waals surface area contributed by atoms with E-state index in [2.05, 4.69) is 21.1 Å². The molecule has 2 nitrogen and oxygen atoms in total. The predicted octanol–water partition coefficient (Wildman–Crippen LogP) is 5.74. The highest BCUT2D eigenvalue weighted by Crippen LogP contribution is 2.51. The third kappa shape index (κ3) is 3.10. The summed E-state index contributed by atoms with van der Waals surface area (Å²) in [5, 5.41) is 14.2. The number of benzene rings is 2. The Kier molecular flexibility index (Phi) is 4.25. The van der Waals surface area contributed by atoms with Gasteiger partial charge in [-0.3, -0.25) is 0 Å². The minimum absolute atomic E-state index is 0.190. The number of rotatable bonds is 3. The van der Waals surface area contributed by atoms with Crippen LogP contribution in [0.1, 0.15) is 23.5 Å². The van der Waals surface area contributed by atoms with Crippen LogP contribution >= 0.6 is 39.1 Å². The van der Waals surface area contributed by atoms with Gasteiger partial charge in [-0.25, -0.2) is 0 Å². The molecule has 0 amide bonds. The summed E-state index contributed by atoms with van der Waals surface area (Å²) in [6.07, 6.45) is 0.927. The minimum Gasteiger partial charge on any atom is -0.411 e. The van der Waals surface area contributed by atoms with E-state index in [0.29, 0.717) is 15.8 Å². The maximum absolute atomic E-state index is 9.36. The Morgan fingerprint density at radius 1 is 1.14 bits per heavy atom. The minimum atomic E-state index is 0.190. The first kappa shape index (κ1) is 14.9. The molecule has 21 heavy (non-hydrogen) atoms. The van der Waals surface area contributed by atoms with Crippen molar-refractivity contribution >= 4 is 44.8 Å². The van der Waals surface area contributed by atoms with Crippen molar-refractivity contribution in [3.05, 3.63) is 68.1 Å². The van der Waals surface area contributed by atoms with Crippen molar-refractivity contribution in [1.82, 2.24) is 0 Å². The fraction of sp³-hybridized carbons (Fsp3) is 0.188. The zero-order chi connectivity index (χ0) is 15.0. The Labute approximate surface area is 141 Å². The van der Waals surface area contributed by atoms with E-state index in [1.165, 1.54) is 0 Å². The lowest BCUT2D eigenvalue weighted by molar-refractivity contribution is 0.317. The van der Waals surface area contributed by atoms with Gasteiger partial charge in [0.2, 0.25) is 0 Å². The second kappa shape index (κ2) is 5.99. The molecule has 3 rings (SSSR count). The molecule has 0 aromatic heterocycles. The quantitative estimate of drug-likeness (QED) is 0.408. The molecule has 2 aromatic carbocycles. The summed E-state index contributed by atoms with van der Waals surface area (Å²) in [5.74, 6) is 0.471. The third-order valence-corrected chi connectivity index (χ3v) is 4.84. The number of hydrogen-bond acceptors (Lipinski definition) is 2. The van der Waals surface area contributed by atoms with Crippen LogP contribution in [0, 0.1) is 5.92 Å². The fourth-order valence-corrected chi connectivity index (χ4v) is 3.42. The van der Waals surface area contributed by atoms with Crippen molar-refractivity contribution < 1.29 is 5.21 Å². The average Bonchev–Trinajstić information content (AvgIpc) is 3.22. The van der Waals surface area contributed by atoms with Gasteiger partial charge in [0.1, 0.15) is 0 Å². The first-order chi connectivity index (χ1) is 10.1. The van der Waals surface area contributed by atoms with Gasteiger partial charge in [0.15, 0.2) is 0 Å². The normalized spacial score (nSPS) is 21.4. The van der Waals surface area contributed by atoms with Crippen molar-refractivity contribution in [3.63, 3.8) is 0 Å². The average molecular weight is 385 g/mol. The van der Waals surface area contributed by atoms with Crippen LogP contribution in [0.5, 0.6) is 0 Å². The maximum atomic E-state index is 9.36. The van der Waals surface area contributed by atoms with Gasteiger partial charge in [0, 0.05) is 20.4 Å². The SMILES string of the molecule is ON=C(c1ccc(Br)cc1)[C@H]1C[C@@H]1c1ccc(Cl)cc1Cl. The summed E-state index contributed by atoms with van der Waals surface area (Å²) >= 11 is 15.6. The smallest absolute Gasteiger partial charge is 0.0904 e. The molecule has 0 unspecified atom stereocenters. The number of hydrogen-bond donors (Lipinski definition) is 1. The molecule has 0 spiro atoms. The Balaban J connectivity index is 1.84. The van der Waals surface area contributed by atoms with E-state index in [0.717, 1.165) is 22.0 Å². The van der Waals surface area contributed by atoms with Crippen LogP contribution in [0.2, 0.25) is 10.0 Å². The van der Waals surface area contributed by atoms with Crippen LogP contribution in [0.3, 0.4) is 0 Å². The van der Waals surface area contributed by atoms with Gasteiger partial charge in [0.05, 0.1) is 5.71 Å². The Hall–Kier alpha value is -1.03. The third-order valence-electron chi connectivity index (χ3n) is 3.75. The van der Waals surface area contributed by atoms with Crippen LogP contribution in [0.15, 0.2) is 52.1 Å². The van der Waals surface area contributed by atoms with Crippen LogP contribution in [0.4, 0.5) is 0 Å². The van der Waals surface area contributed by atoms with E-state index < -0.39 is 0 Å². The number of halogens is 3. The summed E-state index contributed by atoms with van der Waals surface area (Å²) in [6, 6.07) is 13.3. The van der Waals surface area contributed by atoms with Gasteiger partial charge < -0.3 is 5.21 Å². The molecule has 2 atom stereocenters. The van der Waals surface area contributed by atoms with Crippen molar-refractivity contribution in [2.75, 3.05) is 0 Å².